The maximum absolute atomic E-state index is 12.7. The second-order valence-electron chi connectivity index (χ2n) is 6.97. The standard InChI is InChI=1S/C24H21ClN2O5/c1-30-21-5-3-2-4-19(21)24(29)26-17-8-11-22-20(14-17)27(23(28)15-32-22)12-13-31-18-9-6-16(25)7-10-18/h2-11,14H,12-13,15H2,1H3,(H,26,29). The molecule has 1 aliphatic heterocycles. The Morgan fingerprint density at radius 2 is 1.91 bits per heavy atom. The Morgan fingerprint density at radius 3 is 2.69 bits per heavy atom. The minimum atomic E-state index is -0.317. The van der Waals surface area contributed by atoms with Crippen LogP contribution in [0, 0.1) is 0 Å². The van der Waals surface area contributed by atoms with E-state index in [2.05, 4.69) is 5.32 Å². The monoisotopic (exact) mass is 452 g/mol. The number of amides is 2. The summed E-state index contributed by atoms with van der Waals surface area (Å²) in [6.07, 6.45) is 0. The van der Waals surface area contributed by atoms with E-state index in [9.17, 15) is 9.59 Å². The Morgan fingerprint density at radius 1 is 1.12 bits per heavy atom. The molecule has 0 fully saturated rings. The van der Waals surface area contributed by atoms with Crippen LogP contribution in [0.1, 0.15) is 10.4 Å². The zero-order valence-electron chi connectivity index (χ0n) is 17.3. The third-order valence-electron chi connectivity index (χ3n) is 4.91. The van der Waals surface area contributed by atoms with Gasteiger partial charge < -0.3 is 24.4 Å². The molecule has 1 N–H and O–H groups in total. The minimum Gasteiger partial charge on any atom is -0.496 e. The largest absolute Gasteiger partial charge is 0.496 e. The van der Waals surface area contributed by atoms with Gasteiger partial charge in [0.25, 0.3) is 11.8 Å². The number of nitrogens with one attached hydrogen (secondary N) is 1. The van der Waals surface area contributed by atoms with E-state index in [4.69, 9.17) is 25.8 Å². The zero-order valence-corrected chi connectivity index (χ0v) is 18.1. The lowest BCUT2D eigenvalue weighted by molar-refractivity contribution is -0.121. The number of fused-ring (bicyclic) bond motifs is 1. The summed E-state index contributed by atoms with van der Waals surface area (Å²) >= 11 is 5.89. The summed E-state index contributed by atoms with van der Waals surface area (Å²) in [5.41, 5.74) is 1.51. The first-order chi connectivity index (χ1) is 15.5. The number of anilines is 2. The molecular formula is C24H21ClN2O5. The van der Waals surface area contributed by atoms with Crippen molar-refractivity contribution >= 4 is 34.8 Å². The van der Waals surface area contributed by atoms with Crippen LogP contribution < -0.4 is 24.4 Å². The first kappa shape index (κ1) is 21.5. The van der Waals surface area contributed by atoms with Crippen LogP contribution in [0.5, 0.6) is 17.2 Å². The number of methoxy groups -OCH3 is 1. The molecule has 7 nitrogen and oxygen atoms in total. The van der Waals surface area contributed by atoms with Crippen molar-refractivity contribution in [3.05, 3.63) is 77.3 Å². The second kappa shape index (κ2) is 9.62. The van der Waals surface area contributed by atoms with E-state index in [0.29, 0.717) is 45.8 Å². The van der Waals surface area contributed by atoms with Gasteiger partial charge in [0.1, 0.15) is 23.9 Å². The minimum absolute atomic E-state index is 0.0547. The quantitative estimate of drug-likeness (QED) is 0.574. The Hall–Kier alpha value is -3.71. The molecule has 0 aliphatic carbocycles. The van der Waals surface area contributed by atoms with Crippen molar-refractivity contribution in [3.8, 4) is 17.2 Å². The smallest absolute Gasteiger partial charge is 0.265 e. The highest BCUT2D eigenvalue weighted by atomic mass is 35.5. The van der Waals surface area contributed by atoms with Gasteiger partial charge in [-0.05, 0) is 54.6 Å². The van der Waals surface area contributed by atoms with Gasteiger partial charge in [0.05, 0.1) is 24.9 Å². The number of hydrogen-bond acceptors (Lipinski definition) is 5. The molecule has 0 radical (unpaired) electrons. The van der Waals surface area contributed by atoms with E-state index in [1.54, 1.807) is 71.6 Å². The highest BCUT2D eigenvalue weighted by Crippen LogP contribution is 2.35. The molecule has 3 aromatic rings. The molecule has 8 heteroatoms. The Labute approximate surface area is 190 Å². The Balaban J connectivity index is 1.49. The molecule has 0 bridgehead atoms. The van der Waals surface area contributed by atoms with Crippen molar-refractivity contribution < 1.29 is 23.8 Å². The highest BCUT2D eigenvalue weighted by Gasteiger charge is 2.26. The number of carbonyl (C=O) groups is 2. The zero-order chi connectivity index (χ0) is 22.5. The van der Waals surface area contributed by atoms with Crippen molar-refractivity contribution in [2.75, 3.05) is 37.1 Å². The van der Waals surface area contributed by atoms with Crippen molar-refractivity contribution in [2.24, 2.45) is 0 Å². The van der Waals surface area contributed by atoms with Gasteiger partial charge in [-0.15, -0.1) is 0 Å². The fourth-order valence-corrected chi connectivity index (χ4v) is 3.47. The van der Waals surface area contributed by atoms with Crippen molar-refractivity contribution in [3.63, 3.8) is 0 Å². The van der Waals surface area contributed by atoms with Crippen LogP contribution >= 0.6 is 11.6 Å². The van der Waals surface area contributed by atoms with E-state index >= 15 is 0 Å². The first-order valence-electron chi connectivity index (χ1n) is 9.95. The third-order valence-corrected chi connectivity index (χ3v) is 5.16. The van der Waals surface area contributed by atoms with Crippen LogP contribution in [0.3, 0.4) is 0 Å². The number of carbonyl (C=O) groups excluding carboxylic acids is 2. The molecule has 0 unspecified atom stereocenters. The predicted octanol–water partition coefficient (Wildman–Crippen LogP) is 4.41. The Kier molecular flexibility index (Phi) is 6.47. The number of ether oxygens (including phenoxy) is 3. The van der Waals surface area contributed by atoms with E-state index in [0.717, 1.165) is 0 Å². The summed E-state index contributed by atoms with van der Waals surface area (Å²) in [5.74, 6) is 1.19. The first-order valence-corrected chi connectivity index (χ1v) is 10.3. The molecule has 164 valence electrons. The maximum atomic E-state index is 12.7. The van der Waals surface area contributed by atoms with E-state index in [1.165, 1.54) is 7.11 Å². The molecule has 32 heavy (non-hydrogen) atoms. The fourth-order valence-electron chi connectivity index (χ4n) is 3.34. The van der Waals surface area contributed by atoms with Gasteiger partial charge in [0.15, 0.2) is 6.61 Å². The average Bonchev–Trinajstić information content (AvgIpc) is 2.81. The molecule has 2 amide bonds. The Bertz CT molecular complexity index is 1130. The summed E-state index contributed by atoms with van der Waals surface area (Å²) < 4.78 is 16.5. The molecule has 0 atom stereocenters. The molecule has 0 saturated heterocycles. The van der Waals surface area contributed by atoms with E-state index in [-0.39, 0.29) is 25.0 Å². The number of nitrogens with zero attached hydrogens (tertiary/aromatic N) is 1. The lowest BCUT2D eigenvalue weighted by Gasteiger charge is -2.29. The molecule has 0 saturated carbocycles. The summed E-state index contributed by atoms with van der Waals surface area (Å²) in [5, 5.41) is 3.47. The second-order valence-corrected chi connectivity index (χ2v) is 7.41. The number of hydrogen-bond donors (Lipinski definition) is 1. The van der Waals surface area contributed by atoms with Crippen LogP contribution in [-0.2, 0) is 4.79 Å². The van der Waals surface area contributed by atoms with Crippen molar-refractivity contribution in [2.45, 2.75) is 0 Å². The lowest BCUT2D eigenvalue weighted by atomic mass is 10.1. The third kappa shape index (κ3) is 4.78. The molecule has 4 rings (SSSR count). The van der Waals surface area contributed by atoms with E-state index in [1.807, 2.05) is 0 Å². The number of para-hydroxylation sites is 1. The fraction of sp³-hybridized carbons (Fsp3) is 0.167. The van der Waals surface area contributed by atoms with Gasteiger partial charge in [-0.1, -0.05) is 23.7 Å². The maximum Gasteiger partial charge on any atom is 0.265 e. The van der Waals surface area contributed by atoms with Crippen LogP contribution in [0.25, 0.3) is 0 Å². The van der Waals surface area contributed by atoms with E-state index < -0.39 is 0 Å². The van der Waals surface area contributed by atoms with Crippen LogP contribution in [-0.4, -0.2) is 38.7 Å². The van der Waals surface area contributed by atoms with Crippen LogP contribution in [0.4, 0.5) is 11.4 Å². The molecule has 3 aromatic carbocycles. The number of halogens is 1. The van der Waals surface area contributed by atoms with Crippen molar-refractivity contribution in [1.82, 2.24) is 0 Å². The molecular weight excluding hydrogens is 432 g/mol. The number of rotatable bonds is 7. The van der Waals surface area contributed by atoms with Gasteiger partial charge in [0.2, 0.25) is 0 Å². The number of benzene rings is 3. The van der Waals surface area contributed by atoms with Gasteiger partial charge >= 0.3 is 0 Å². The molecule has 1 aliphatic rings. The average molecular weight is 453 g/mol. The summed E-state index contributed by atoms with van der Waals surface area (Å²) in [6, 6.07) is 19.1. The molecule has 0 aromatic heterocycles. The topological polar surface area (TPSA) is 77.1 Å². The van der Waals surface area contributed by atoms with Gasteiger partial charge in [-0.25, -0.2) is 0 Å². The van der Waals surface area contributed by atoms with Gasteiger partial charge in [-0.2, -0.15) is 0 Å². The van der Waals surface area contributed by atoms with Crippen molar-refractivity contribution in [1.29, 1.82) is 0 Å². The molecule has 0 spiro atoms. The summed E-state index contributed by atoms with van der Waals surface area (Å²) in [6.45, 7) is 0.549. The summed E-state index contributed by atoms with van der Waals surface area (Å²) in [7, 11) is 1.51. The predicted molar refractivity (Wildman–Crippen MR) is 122 cm³/mol. The summed E-state index contributed by atoms with van der Waals surface area (Å²) in [4.78, 5) is 26.8. The van der Waals surface area contributed by atoms with Crippen LogP contribution in [0.2, 0.25) is 5.02 Å². The van der Waals surface area contributed by atoms with Gasteiger partial charge in [-0.3, -0.25) is 9.59 Å². The SMILES string of the molecule is COc1ccccc1C(=O)Nc1ccc2c(c1)N(CCOc1ccc(Cl)cc1)C(=O)CO2. The molecule has 1 heterocycles. The van der Waals surface area contributed by atoms with Gasteiger partial charge in [0, 0.05) is 10.7 Å². The highest BCUT2D eigenvalue weighted by molar-refractivity contribution is 6.30. The normalized spacial score (nSPS) is 12.6. The van der Waals surface area contributed by atoms with Crippen LogP contribution in [0.15, 0.2) is 66.7 Å². The lowest BCUT2D eigenvalue weighted by Crippen LogP contribution is -2.41.